The van der Waals surface area contributed by atoms with Crippen molar-refractivity contribution in [2.24, 2.45) is 0 Å². The molecule has 2 aromatic rings. The van der Waals surface area contributed by atoms with E-state index < -0.39 is 0 Å². The van der Waals surface area contributed by atoms with Crippen molar-refractivity contribution in [3.63, 3.8) is 0 Å². The predicted molar refractivity (Wildman–Crippen MR) is 67.4 cm³/mol. The Hall–Kier alpha value is -1.18. The Kier molecular flexibility index (Phi) is 3.37. The van der Waals surface area contributed by atoms with Gasteiger partial charge in [0.15, 0.2) is 0 Å². The molecule has 0 fully saturated rings. The Balaban J connectivity index is 2.38. The molecule has 16 heavy (non-hydrogen) atoms. The second kappa shape index (κ2) is 4.77. The number of phenolic OH excluding ortho intramolecular Hbond substituents is 1. The number of aromatic hydroxyl groups is 1. The number of phenols is 1. The van der Waals surface area contributed by atoms with E-state index in [1.165, 1.54) is 0 Å². The SMILES string of the molecule is Oc1ccc(Cl)c(Cl)c1Cc1ccccc1. The van der Waals surface area contributed by atoms with E-state index in [2.05, 4.69) is 0 Å². The fourth-order valence-electron chi connectivity index (χ4n) is 1.55. The van der Waals surface area contributed by atoms with Crippen molar-refractivity contribution >= 4 is 23.2 Å². The van der Waals surface area contributed by atoms with Crippen molar-refractivity contribution in [1.29, 1.82) is 0 Å². The zero-order valence-corrected chi connectivity index (χ0v) is 9.96. The van der Waals surface area contributed by atoms with E-state index in [1.54, 1.807) is 12.1 Å². The molecule has 0 radical (unpaired) electrons. The Morgan fingerprint density at radius 1 is 0.938 bits per heavy atom. The van der Waals surface area contributed by atoms with Crippen molar-refractivity contribution in [1.82, 2.24) is 0 Å². The van der Waals surface area contributed by atoms with E-state index >= 15 is 0 Å². The molecule has 2 aromatic carbocycles. The van der Waals surface area contributed by atoms with Crippen LogP contribution in [0.4, 0.5) is 0 Å². The van der Waals surface area contributed by atoms with E-state index in [0.717, 1.165) is 5.56 Å². The minimum absolute atomic E-state index is 0.179. The van der Waals surface area contributed by atoms with Gasteiger partial charge in [0.05, 0.1) is 10.0 Å². The van der Waals surface area contributed by atoms with Crippen molar-refractivity contribution in [2.75, 3.05) is 0 Å². The van der Waals surface area contributed by atoms with Crippen LogP contribution in [0.3, 0.4) is 0 Å². The number of hydrogen-bond acceptors (Lipinski definition) is 1. The van der Waals surface area contributed by atoms with Gasteiger partial charge in [-0.25, -0.2) is 0 Å². The van der Waals surface area contributed by atoms with Gasteiger partial charge in [0.25, 0.3) is 0 Å². The summed E-state index contributed by atoms with van der Waals surface area (Å²) < 4.78 is 0. The summed E-state index contributed by atoms with van der Waals surface area (Å²) in [4.78, 5) is 0. The van der Waals surface area contributed by atoms with Crippen molar-refractivity contribution in [2.45, 2.75) is 6.42 Å². The van der Waals surface area contributed by atoms with Crippen LogP contribution in [0, 0.1) is 0 Å². The molecule has 0 saturated heterocycles. The summed E-state index contributed by atoms with van der Waals surface area (Å²) in [5.41, 5.74) is 1.75. The van der Waals surface area contributed by atoms with Gasteiger partial charge in [0, 0.05) is 12.0 Å². The lowest BCUT2D eigenvalue weighted by molar-refractivity contribution is 0.469. The molecule has 1 nitrogen and oxygen atoms in total. The third-order valence-corrected chi connectivity index (χ3v) is 3.24. The Morgan fingerprint density at radius 3 is 2.31 bits per heavy atom. The highest BCUT2D eigenvalue weighted by Crippen LogP contribution is 2.33. The van der Waals surface area contributed by atoms with Gasteiger partial charge >= 0.3 is 0 Å². The molecule has 0 unspecified atom stereocenters. The largest absolute Gasteiger partial charge is 0.508 e. The lowest BCUT2D eigenvalue weighted by Crippen LogP contribution is -1.90. The summed E-state index contributed by atoms with van der Waals surface area (Å²) >= 11 is 12.0. The van der Waals surface area contributed by atoms with Gasteiger partial charge in [-0.2, -0.15) is 0 Å². The van der Waals surface area contributed by atoms with E-state index in [1.807, 2.05) is 30.3 Å². The highest BCUT2D eigenvalue weighted by atomic mass is 35.5. The van der Waals surface area contributed by atoms with Gasteiger partial charge < -0.3 is 5.11 Å². The number of rotatable bonds is 2. The normalized spacial score (nSPS) is 10.4. The lowest BCUT2D eigenvalue weighted by atomic mass is 10.0. The number of hydrogen-bond donors (Lipinski definition) is 1. The van der Waals surface area contributed by atoms with Crippen LogP contribution in [0.2, 0.25) is 10.0 Å². The standard InChI is InChI=1S/C13H10Cl2O/c14-11-6-7-12(16)10(13(11)15)8-9-4-2-1-3-5-9/h1-7,16H,8H2. The van der Waals surface area contributed by atoms with Crippen LogP contribution in [0.15, 0.2) is 42.5 Å². The maximum Gasteiger partial charge on any atom is 0.120 e. The van der Waals surface area contributed by atoms with Crippen LogP contribution in [0.25, 0.3) is 0 Å². The van der Waals surface area contributed by atoms with Gasteiger partial charge in [-0.1, -0.05) is 53.5 Å². The zero-order chi connectivity index (χ0) is 11.5. The zero-order valence-electron chi connectivity index (χ0n) is 8.45. The van der Waals surface area contributed by atoms with Crippen LogP contribution in [-0.2, 0) is 6.42 Å². The molecule has 0 bridgehead atoms. The number of halogens is 2. The van der Waals surface area contributed by atoms with Gasteiger partial charge in [0.1, 0.15) is 5.75 Å². The smallest absolute Gasteiger partial charge is 0.120 e. The highest BCUT2D eigenvalue weighted by molar-refractivity contribution is 6.42. The van der Waals surface area contributed by atoms with E-state index in [4.69, 9.17) is 23.2 Å². The first-order chi connectivity index (χ1) is 7.68. The third-order valence-electron chi connectivity index (χ3n) is 2.40. The molecule has 1 N–H and O–H groups in total. The summed E-state index contributed by atoms with van der Waals surface area (Å²) in [6.45, 7) is 0. The molecule has 0 amide bonds. The summed E-state index contributed by atoms with van der Waals surface area (Å²) in [6.07, 6.45) is 0.575. The Morgan fingerprint density at radius 2 is 1.62 bits per heavy atom. The van der Waals surface area contributed by atoms with Crippen molar-refractivity contribution < 1.29 is 5.11 Å². The molecule has 0 heterocycles. The summed E-state index contributed by atoms with van der Waals surface area (Å²) in [5.74, 6) is 0.179. The van der Waals surface area contributed by atoms with E-state index in [9.17, 15) is 5.11 Å². The molecule has 82 valence electrons. The average molecular weight is 253 g/mol. The summed E-state index contributed by atoms with van der Waals surface area (Å²) in [6, 6.07) is 13.0. The molecular weight excluding hydrogens is 243 g/mol. The fraction of sp³-hybridized carbons (Fsp3) is 0.0769. The van der Waals surface area contributed by atoms with Crippen molar-refractivity contribution in [3.05, 3.63) is 63.6 Å². The molecule has 0 spiro atoms. The fourth-order valence-corrected chi connectivity index (χ4v) is 1.95. The van der Waals surface area contributed by atoms with Gasteiger partial charge in [-0.05, 0) is 17.7 Å². The van der Waals surface area contributed by atoms with Gasteiger partial charge in [-0.15, -0.1) is 0 Å². The molecule has 0 atom stereocenters. The summed E-state index contributed by atoms with van der Waals surface area (Å²) in [7, 11) is 0. The number of benzene rings is 2. The Labute approximate surface area is 104 Å². The van der Waals surface area contributed by atoms with Crippen LogP contribution >= 0.6 is 23.2 Å². The first-order valence-corrected chi connectivity index (χ1v) is 5.64. The first kappa shape index (κ1) is 11.3. The quantitative estimate of drug-likeness (QED) is 0.846. The lowest BCUT2D eigenvalue weighted by Gasteiger charge is -2.08. The van der Waals surface area contributed by atoms with E-state index in [-0.39, 0.29) is 5.75 Å². The van der Waals surface area contributed by atoms with Crippen molar-refractivity contribution in [3.8, 4) is 5.75 Å². The first-order valence-electron chi connectivity index (χ1n) is 4.88. The topological polar surface area (TPSA) is 20.2 Å². The summed E-state index contributed by atoms with van der Waals surface area (Å²) in [5, 5.41) is 10.6. The minimum atomic E-state index is 0.179. The predicted octanol–water partition coefficient (Wildman–Crippen LogP) is 4.29. The average Bonchev–Trinajstić information content (AvgIpc) is 2.31. The minimum Gasteiger partial charge on any atom is -0.508 e. The molecule has 0 aliphatic heterocycles. The second-order valence-corrected chi connectivity index (χ2v) is 4.31. The van der Waals surface area contributed by atoms with Gasteiger partial charge in [-0.3, -0.25) is 0 Å². The maximum absolute atomic E-state index is 9.73. The second-order valence-electron chi connectivity index (χ2n) is 3.52. The monoisotopic (exact) mass is 252 g/mol. The van der Waals surface area contributed by atoms with Crippen LogP contribution < -0.4 is 0 Å². The van der Waals surface area contributed by atoms with Crippen LogP contribution in [0.5, 0.6) is 5.75 Å². The van der Waals surface area contributed by atoms with Crippen LogP contribution in [0.1, 0.15) is 11.1 Å². The Bertz CT molecular complexity index is 495. The molecule has 0 aromatic heterocycles. The van der Waals surface area contributed by atoms with E-state index in [0.29, 0.717) is 22.0 Å². The van der Waals surface area contributed by atoms with Gasteiger partial charge in [0.2, 0.25) is 0 Å². The molecule has 0 saturated carbocycles. The highest BCUT2D eigenvalue weighted by Gasteiger charge is 2.10. The molecule has 0 aliphatic rings. The molecule has 3 heteroatoms. The third kappa shape index (κ3) is 2.31. The molecule has 0 aliphatic carbocycles. The van der Waals surface area contributed by atoms with Crippen LogP contribution in [-0.4, -0.2) is 5.11 Å². The maximum atomic E-state index is 9.73. The molecule has 2 rings (SSSR count). The molecular formula is C13H10Cl2O.